The zero-order valence-electron chi connectivity index (χ0n) is 14.2. The van der Waals surface area contributed by atoms with Crippen LogP contribution in [0.3, 0.4) is 0 Å². The first-order valence-electron chi connectivity index (χ1n) is 9.41. The molecule has 0 unspecified atom stereocenters. The maximum absolute atomic E-state index is 13.0. The van der Waals surface area contributed by atoms with Gasteiger partial charge in [-0.2, -0.15) is 0 Å². The molecule has 3 fully saturated rings. The van der Waals surface area contributed by atoms with Crippen molar-refractivity contribution in [1.82, 2.24) is 4.90 Å². The van der Waals surface area contributed by atoms with E-state index >= 15 is 0 Å². The summed E-state index contributed by atoms with van der Waals surface area (Å²) in [4.78, 5) is 14.9. The number of carbonyl (C=O) groups is 1. The van der Waals surface area contributed by atoms with Gasteiger partial charge >= 0.3 is 0 Å². The lowest BCUT2D eigenvalue weighted by atomic mass is 9.80. The smallest absolute Gasteiger partial charge is 0.254 e. The average molecular weight is 329 g/mol. The first-order chi connectivity index (χ1) is 11.7. The van der Waals surface area contributed by atoms with Gasteiger partial charge in [0.05, 0.1) is 12.7 Å². The van der Waals surface area contributed by atoms with E-state index in [1.54, 1.807) is 0 Å². The molecule has 0 aromatic heterocycles. The van der Waals surface area contributed by atoms with Gasteiger partial charge in [-0.25, -0.2) is 0 Å². The number of amides is 1. The largest absolute Gasteiger partial charge is 0.393 e. The summed E-state index contributed by atoms with van der Waals surface area (Å²) in [5, 5.41) is 10.3. The van der Waals surface area contributed by atoms with Crippen molar-refractivity contribution in [1.29, 1.82) is 0 Å². The number of likely N-dealkylation sites (tertiary alicyclic amines) is 1. The van der Waals surface area contributed by atoms with E-state index in [0.717, 1.165) is 24.9 Å². The third kappa shape index (κ3) is 2.98. The highest BCUT2D eigenvalue weighted by atomic mass is 16.5. The molecule has 24 heavy (non-hydrogen) atoms. The number of aliphatic hydroxyl groups is 1. The first-order valence-corrected chi connectivity index (χ1v) is 9.41. The van der Waals surface area contributed by atoms with Gasteiger partial charge in [-0.15, -0.1) is 0 Å². The van der Waals surface area contributed by atoms with Gasteiger partial charge in [-0.3, -0.25) is 4.79 Å². The Balaban J connectivity index is 1.48. The lowest BCUT2D eigenvalue weighted by Gasteiger charge is -2.37. The van der Waals surface area contributed by atoms with E-state index in [0.29, 0.717) is 25.6 Å². The molecule has 0 radical (unpaired) electrons. The monoisotopic (exact) mass is 329 g/mol. The number of benzene rings is 1. The molecule has 4 rings (SSSR count). The molecular weight excluding hydrogens is 302 g/mol. The average Bonchev–Trinajstić information content (AvgIpc) is 3.03. The van der Waals surface area contributed by atoms with E-state index in [1.807, 2.05) is 17.0 Å². The molecule has 0 spiro atoms. The van der Waals surface area contributed by atoms with Crippen molar-refractivity contribution < 1.29 is 14.6 Å². The molecule has 1 aromatic rings. The van der Waals surface area contributed by atoms with Crippen LogP contribution in [-0.4, -0.2) is 47.8 Å². The molecule has 2 saturated heterocycles. The fraction of sp³-hybridized carbons (Fsp3) is 0.650. The second-order valence-corrected chi connectivity index (χ2v) is 7.55. The Morgan fingerprint density at radius 1 is 1.08 bits per heavy atom. The van der Waals surface area contributed by atoms with Crippen molar-refractivity contribution in [2.45, 2.75) is 56.6 Å². The van der Waals surface area contributed by atoms with Crippen molar-refractivity contribution in [2.24, 2.45) is 5.92 Å². The van der Waals surface area contributed by atoms with E-state index in [2.05, 4.69) is 12.1 Å². The highest BCUT2D eigenvalue weighted by molar-refractivity contribution is 5.94. The maximum atomic E-state index is 13.0. The lowest BCUT2D eigenvalue weighted by Crippen LogP contribution is -2.48. The predicted octanol–water partition coefficient (Wildman–Crippen LogP) is 2.96. The van der Waals surface area contributed by atoms with Gasteiger partial charge in [0.25, 0.3) is 5.91 Å². The summed E-state index contributed by atoms with van der Waals surface area (Å²) in [6.07, 6.45) is 6.20. The minimum absolute atomic E-state index is 0.0550. The van der Waals surface area contributed by atoms with Crippen LogP contribution in [0.15, 0.2) is 24.3 Å². The molecule has 1 aliphatic carbocycles. The summed E-state index contributed by atoms with van der Waals surface area (Å²) in [5.41, 5.74) is 2.14. The van der Waals surface area contributed by atoms with Crippen LogP contribution in [0.2, 0.25) is 0 Å². The van der Waals surface area contributed by atoms with Crippen molar-refractivity contribution in [2.75, 3.05) is 19.8 Å². The van der Waals surface area contributed by atoms with Gasteiger partial charge in [-0.1, -0.05) is 18.6 Å². The summed E-state index contributed by atoms with van der Waals surface area (Å²) >= 11 is 0. The van der Waals surface area contributed by atoms with Crippen LogP contribution in [0, 0.1) is 5.92 Å². The van der Waals surface area contributed by atoms with Gasteiger partial charge < -0.3 is 14.7 Å². The van der Waals surface area contributed by atoms with Crippen LogP contribution in [0.1, 0.15) is 60.4 Å². The summed E-state index contributed by atoms with van der Waals surface area (Å²) in [6.45, 7) is 1.98. The third-order valence-corrected chi connectivity index (χ3v) is 6.15. The number of aliphatic hydroxyl groups excluding tert-OH is 1. The standard InChI is InChI=1S/C20H27NO3/c22-19-10-12-24-13-17(19)18-5-2-11-21(18)20(23)16-8-6-15(7-9-16)14-3-1-4-14/h6-9,14,17-19,22H,1-5,10-13H2/t17-,18-,19+/m1/s1. The molecule has 2 aliphatic heterocycles. The van der Waals surface area contributed by atoms with Crippen LogP contribution >= 0.6 is 0 Å². The van der Waals surface area contributed by atoms with Crippen LogP contribution < -0.4 is 0 Å². The fourth-order valence-electron chi connectivity index (χ4n) is 4.41. The number of carbonyl (C=O) groups excluding carboxylic acids is 1. The maximum Gasteiger partial charge on any atom is 0.254 e. The molecule has 130 valence electrons. The molecule has 2 heterocycles. The van der Waals surface area contributed by atoms with Crippen molar-refractivity contribution in [3.8, 4) is 0 Å². The summed E-state index contributed by atoms with van der Waals surface area (Å²) < 4.78 is 5.56. The number of rotatable bonds is 3. The molecule has 1 amide bonds. The quantitative estimate of drug-likeness (QED) is 0.927. The van der Waals surface area contributed by atoms with Gasteiger partial charge in [-0.05, 0) is 55.7 Å². The Morgan fingerprint density at radius 2 is 1.88 bits per heavy atom. The van der Waals surface area contributed by atoms with E-state index in [4.69, 9.17) is 4.74 Å². The highest BCUT2D eigenvalue weighted by Crippen LogP contribution is 2.36. The SMILES string of the molecule is O=C(c1ccc(C2CCC2)cc1)N1CCC[C@@H]1[C@H]1COCC[C@@H]1O. The van der Waals surface area contributed by atoms with Crippen LogP contribution in [-0.2, 0) is 4.74 Å². The van der Waals surface area contributed by atoms with Crippen LogP contribution in [0.25, 0.3) is 0 Å². The van der Waals surface area contributed by atoms with Crippen molar-refractivity contribution in [3.63, 3.8) is 0 Å². The van der Waals surface area contributed by atoms with Crippen LogP contribution in [0.4, 0.5) is 0 Å². The van der Waals surface area contributed by atoms with Gasteiger partial charge in [0, 0.05) is 30.7 Å². The molecule has 0 bridgehead atoms. The van der Waals surface area contributed by atoms with Crippen molar-refractivity contribution >= 4 is 5.91 Å². The number of nitrogens with zero attached hydrogens (tertiary/aromatic N) is 1. The van der Waals surface area contributed by atoms with Crippen LogP contribution in [0.5, 0.6) is 0 Å². The van der Waals surface area contributed by atoms with E-state index in [9.17, 15) is 9.90 Å². The number of hydrogen-bond donors (Lipinski definition) is 1. The number of hydrogen-bond acceptors (Lipinski definition) is 3. The van der Waals surface area contributed by atoms with Gasteiger partial charge in [0.2, 0.25) is 0 Å². The lowest BCUT2D eigenvalue weighted by molar-refractivity contribution is -0.0589. The van der Waals surface area contributed by atoms with E-state index in [1.165, 1.54) is 24.8 Å². The topological polar surface area (TPSA) is 49.8 Å². The zero-order valence-corrected chi connectivity index (χ0v) is 14.2. The Labute approximate surface area is 143 Å². The van der Waals surface area contributed by atoms with E-state index < -0.39 is 0 Å². The zero-order chi connectivity index (χ0) is 16.5. The summed E-state index contributed by atoms with van der Waals surface area (Å²) in [5.74, 6) is 0.859. The minimum atomic E-state index is -0.349. The van der Waals surface area contributed by atoms with Crippen molar-refractivity contribution in [3.05, 3.63) is 35.4 Å². The van der Waals surface area contributed by atoms with E-state index in [-0.39, 0.29) is 24.0 Å². The molecule has 4 nitrogen and oxygen atoms in total. The Bertz CT molecular complexity index is 581. The second kappa shape index (κ2) is 6.85. The Morgan fingerprint density at radius 3 is 2.54 bits per heavy atom. The summed E-state index contributed by atoms with van der Waals surface area (Å²) in [7, 11) is 0. The molecule has 4 heteroatoms. The summed E-state index contributed by atoms with van der Waals surface area (Å²) in [6, 6.07) is 8.33. The normalized spacial score (nSPS) is 31.0. The predicted molar refractivity (Wildman–Crippen MR) is 92.0 cm³/mol. The fourth-order valence-corrected chi connectivity index (χ4v) is 4.41. The van der Waals surface area contributed by atoms with Gasteiger partial charge in [0.15, 0.2) is 0 Å². The first kappa shape index (κ1) is 16.1. The molecule has 1 saturated carbocycles. The molecule has 3 atom stereocenters. The second-order valence-electron chi connectivity index (χ2n) is 7.55. The van der Waals surface area contributed by atoms with Gasteiger partial charge in [0.1, 0.15) is 0 Å². The minimum Gasteiger partial charge on any atom is -0.393 e. The Hall–Kier alpha value is -1.39. The molecule has 1 aromatic carbocycles. The molecular formula is C20H27NO3. The number of ether oxygens (including phenoxy) is 1. The molecule has 3 aliphatic rings. The molecule has 1 N–H and O–H groups in total. The highest BCUT2D eigenvalue weighted by Gasteiger charge is 2.39. The third-order valence-electron chi connectivity index (χ3n) is 6.15. The Kier molecular flexibility index (Phi) is 4.59.